The van der Waals surface area contributed by atoms with Gasteiger partial charge < -0.3 is 20.7 Å². The summed E-state index contributed by atoms with van der Waals surface area (Å²) in [6, 6.07) is 9.35. The van der Waals surface area contributed by atoms with Gasteiger partial charge in [0.1, 0.15) is 5.75 Å². The third kappa shape index (κ3) is 16.2. The molecule has 0 radical (unpaired) electrons. The van der Waals surface area contributed by atoms with Crippen molar-refractivity contribution in [2.45, 2.75) is 79.8 Å². The Morgan fingerprint density at radius 1 is 1.07 bits per heavy atom. The number of ketones is 1. The summed E-state index contributed by atoms with van der Waals surface area (Å²) in [6.07, 6.45) is 8.60. The average molecular weight is 586 g/mol. The molecule has 1 fully saturated rings. The molecule has 9 nitrogen and oxygen atoms in total. The Bertz CT molecular complexity index is 1160. The summed E-state index contributed by atoms with van der Waals surface area (Å²) in [6.45, 7) is 12.1. The highest BCUT2D eigenvalue weighted by Gasteiger charge is 2.23. The van der Waals surface area contributed by atoms with Crippen LogP contribution in [0.15, 0.2) is 59.5 Å². The van der Waals surface area contributed by atoms with Gasteiger partial charge in [0.15, 0.2) is 18.2 Å². The van der Waals surface area contributed by atoms with Crippen LogP contribution in [0.5, 0.6) is 5.75 Å². The number of Topliss-reactive ketones (excluding diaryl/α,β-unsaturated/α-hetero) is 1. The Hall–Kier alpha value is -3.72. The molecular weight excluding hydrogens is 542 g/mol. The molecule has 1 aromatic carbocycles. The minimum atomic E-state index is -0.129. The maximum atomic E-state index is 11.6. The normalized spacial score (nSPS) is 11.9. The average Bonchev–Trinajstić information content (AvgIpc) is 3.78. The number of aliphatic imine (C=N–C) groups is 1. The first kappa shape index (κ1) is 35.3. The van der Waals surface area contributed by atoms with Crippen molar-refractivity contribution in [2.75, 3.05) is 13.2 Å². The highest BCUT2D eigenvalue weighted by molar-refractivity contribution is 6.38. The van der Waals surface area contributed by atoms with Gasteiger partial charge in [-0.25, -0.2) is 0 Å². The molecule has 0 unspecified atom stereocenters. The topological polar surface area (TPSA) is 122 Å². The van der Waals surface area contributed by atoms with Gasteiger partial charge in [0.05, 0.1) is 0 Å². The Labute approximate surface area is 249 Å². The number of allylic oxidation sites excluding steroid dienone is 1. The lowest BCUT2D eigenvalue weighted by Crippen LogP contribution is -2.30. The molecule has 0 atom stereocenters. The molecule has 2 amide bonds. The standard InChI is InChI=1S/C15H19ClN2O3.C14H19N3O.C2H6/c1-2-14(19)17-8-10-7-11(16)3-6-13(10)21-9-15(20)18-12-4-5-12;1-11(2)10-17-14(12(3)18)16-9-6-13-4-7-15-8-5-13;1-2/h3,6-7,12H,2,4-5,8-9H2,1H3,(H,17,19)(H,18,20);4-5,7-8,10H,6,9H2,1-3H3,(H,16,17);1-2H3. The summed E-state index contributed by atoms with van der Waals surface area (Å²) in [5.41, 5.74) is 3.01. The second kappa shape index (κ2) is 20.2. The number of amidine groups is 1. The van der Waals surface area contributed by atoms with Crippen LogP contribution in [0.25, 0.3) is 0 Å². The zero-order valence-electron chi connectivity index (χ0n) is 25.1. The van der Waals surface area contributed by atoms with Crippen LogP contribution < -0.4 is 20.7 Å². The highest BCUT2D eigenvalue weighted by atomic mass is 35.5. The number of nitrogens with one attached hydrogen (secondary N) is 3. The zero-order valence-corrected chi connectivity index (χ0v) is 25.8. The molecule has 0 saturated heterocycles. The van der Waals surface area contributed by atoms with E-state index in [-0.39, 0.29) is 24.2 Å². The molecule has 1 heterocycles. The van der Waals surface area contributed by atoms with Gasteiger partial charge in [-0.05, 0) is 69.0 Å². The second-order valence-electron chi connectivity index (χ2n) is 9.27. The summed E-state index contributed by atoms with van der Waals surface area (Å²) in [5, 5.41) is 9.11. The summed E-state index contributed by atoms with van der Waals surface area (Å²) < 4.78 is 5.53. The van der Waals surface area contributed by atoms with Crippen LogP contribution in [0, 0.1) is 0 Å². The monoisotopic (exact) mass is 585 g/mol. The van der Waals surface area contributed by atoms with E-state index in [1.165, 1.54) is 12.5 Å². The molecule has 2 aromatic rings. The quantitative estimate of drug-likeness (QED) is 0.233. The minimum Gasteiger partial charge on any atom is -0.483 e. The molecule has 1 saturated carbocycles. The number of nitrogens with zero attached hydrogens (tertiary/aromatic N) is 2. The fourth-order valence-electron chi connectivity index (χ4n) is 3.10. The maximum absolute atomic E-state index is 11.6. The Kier molecular flexibility index (Phi) is 17.4. The van der Waals surface area contributed by atoms with Crippen molar-refractivity contribution >= 4 is 35.0 Å². The molecule has 1 aliphatic rings. The Balaban J connectivity index is 0.000000391. The molecule has 0 spiro atoms. The van der Waals surface area contributed by atoms with Gasteiger partial charge in [-0.15, -0.1) is 0 Å². The van der Waals surface area contributed by atoms with E-state index in [0.29, 0.717) is 42.2 Å². The first-order chi connectivity index (χ1) is 19.7. The summed E-state index contributed by atoms with van der Waals surface area (Å²) >= 11 is 5.96. The van der Waals surface area contributed by atoms with Crippen LogP contribution in [-0.2, 0) is 27.3 Å². The number of hydrogen-bond donors (Lipinski definition) is 3. The third-order valence-corrected chi connectivity index (χ3v) is 5.61. The van der Waals surface area contributed by atoms with E-state index >= 15 is 0 Å². The number of aromatic nitrogens is 1. The Morgan fingerprint density at radius 3 is 2.34 bits per heavy atom. The lowest BCUT2D eigenvalue weighted by atomic mass is 10.2. The number of carbonyl (C=O) groups excluding carboxylic acids is 3. The van der Waals surface area contributed by atoms with Crippen LogP contribution in [0.1, 0.15) is 71.9 Å². The number of benzene rings is 1. The number of carbonyl (C=O) groups is 3. The molecule has 3 N–H and O–H groups in total. The van der Waals surface area contributed by atoms with E-state index in [4.69, 9.17) is 16.3 Å². The molecule has 0 aliphatic heterocycles. The van der Waals surface area contributed by atoms with Crippen molar-refractivity contribution in [1.29, 1.82) is 0 Å². The van der Waals surface area contributed by atoms with E-state index in [1.54, 1.807) is 43.7 Å². The molecular formula is C31H44ClN5O4. The lowest BCUT2D eigenvalue weighted by Gasteiger charge is -2.12. The van der Waals surface area contributed by atoms with Crippen molar-refractivity contribution in [2.24, 2.45) is 4.99 Å². The lowest BCUT2D eigenvalue weighted by molar-refractivity contribution is -0.123. The zero-order chi connectivity index (χ0) is 30.6. The summed E-state index contributed by atoms with van der Waals surface area (Å²) in [4.78, 5) is 42.6. The van der Waals surface area contributed by atoms with Crippen molar-refractivity contribution in [3.8, 4) is 5.75 Å². The van der Waals surface area contributed by atoms with Crippen LogP contribution >= 0.6 is 11.6 Å². The van der Waals surface area contributed by atoms with Crippen molar-refractivity contribution in [1.82, 2.24) is 20.9 Å². The molecule has 3 rings (SSSR count). The molecule has 1 aliphatic carbocycles. The largest absolute Gasteiger partial charge is 0.483 e. The Morgan fingerprint density at radius 2 is 1.76 bits per heavy atom. The second-order valence-corrected chi connectivity index (χ2v) is 9.71. The fourth-order valence-corrected chi connectivity index (χ4v) is 3.30. The van der Waals surface area contributed by atoms with Crippen molar-refractivity contribution < 1.29 is 19.1 Å². The molecule has 0 bridgehead atoms. The number of rotatable bonds is 12. The van der Waals surface area contributed by atoms with Crippen LogP contribution in [-0.4, -0.2) is 47.6 Å². The number of pyridine rings is 1. The van der Waals surface area contributed by atoms with Gasteiger partial charge in [-0.3, -0.25) is 24.4 Å². The molecule has 224 valence electrons. The predicted molar refractivity (Wildman–Crippen MR) is 165 cm³/mol. The van der Waals surface area contributed by atoms with E-state index in [0.717, 1.165) is 30.4 Å². The maximum Gasteiger partial charge on any atom is 0.258 e. The van der Waals surface area contributed by atoms with Crippen LogP contribution in [0.3, 0.4) is 0 Å². The number of ether oxygens (including phenoxy) is 1. The van der Waals surface area contributed by atoms with E-state index < -0.39 is 0 Å². The van der Waals surface area contributed by atoms with E-state index in [9.17, 15) is 14.4 Å². The van der Waals surface area contributed by atoms with Gasteiger partial charge in [-0.1, -0.05) is 37.9 Å². The van der Waals surface area contributed by atoms with Gasteiger partial charge in [0.25, 0.3) is 5.91 Å². The van der Waals surface area contributed by atoms with Gasteiger partial charge in [-0.2, -0.15) is 0 Å². The minimum absolute atomic E-state index is 0.0349. The van der Waals surface area contributed by atoms with Crippen molar-refractivity contribution in [3.05, 3.63) is 70.6 Å². The number of amides is 2. The highest BCUT2D eigenvalue weighted by Crippen LogP contribution is 2.23. The first-order valence-corrected chi connectivity index (χ1v) is 14.4. The number of hydrogen-bond acceptors (Lipinski definition) is 6. The summed E-state index contributed by atoms with van der Waals surface area (Å²) in [5.74, 6) is 0.734. The smallest absolute Gasteiger partial charge is 0.258 e. The van der Waals surface area contributed by atoms with Crippen molar-refractivity contribution in [3.63, 3.8) is 0 Å². The SMILES string of the molecule is CC.CC(=O)C(=NCCc1ccncc1)NC=C(C)C.CCC(=O)NCc1cc(Cl)ccc1OCC(=O)NC1CC1. The first-order valence-electron chi connectivity index (χ1n) is 14.0. The van der Waals surface area contributed by atoms with Crippen LogP contribution in [0.4, 0.5) is 0 Å². The van der Waals surface area contributed by atoms with E-state index in [1.807, 2.05) is 39.8 Å². The van der Waals surface area contributed by atoms with Gasteiger partial charge in [0.2, 0.25) is 5.91 Å². The van der Waals surface area contributed by atoms with Gasteiger partial charge in [0, 0.05) is 61.7 Å². The van der Waals surface area contributed by atoms with E-state index in [2.05, 4.69) is 25.9 Å². The number of halogens is 1. The van der Waals surface area contributed by atoms with Crippen LogP contribution in [0.2, 0.25) is 5.02 Å². The summed E-state index contributed by atoms with van der Waals surface area (Å²) in [7, 11) is 0. The molecule has 10 heteroatoms. The fraction of sp³-hybridized carbons (Fsp3) is 0.452. The third-order valence-electron chi connectivity index (χ3n) is 5.37. The molecule has 1 aromatic heterocycles. The molecule has 41 heavy (non-hydrogen) atoms. The van der Waals surface area contributed by atoms with Gasteiger partial charge >= 0.3 is 0 Å². The predicted octanol–water partition coefficient (Wildman–Crippen LogP) is 5.17.